The summed E-state index contributed by atoms with van der Waals surface area (Å²) in [4.78, 5) is 44.2. The monoisotopic (exact) mass is 463 g/mol. The van der Waals surface area contributed by atoms with Gasteiger partial charge in [-0.25, -0.2) is 34.5 Å². The first-order chi connectivity index (χ1) is 16.6. The highest BCUT2D eigenvalue weighted by Gasteiger charge is 2.20. The molecule has 0 spiro atoms. The summed E-state index contributed by atoms with van der Waals surface area (Å²) in [7, 11) is 2.48. The molecule has 0 aliphatic rings. The van der Waals surface area contributed by atoms with Gasteiger partial charge in [-0.1, -0.05) is 6.07 Å². The van der Waals surface area contributed by atoms with Crippen molar-refractivity contribution < 1.29 is 36.7 Å². The molecule has 0 aliphatic carbocycles. The summed E-state index contributed by atoms with van der Waals surface area (Å²) < 4.78 is 30.7. The minimum Gasteiger partial charge on any atom is -0.464 e. The number of carbonyl (C=O) groups excluding carboxylic acids is 2. The van der Waals surface area contributed by atoms with Crippen molar-refractivity contribution in [2.45, 2.75) is 0 Å². The smallest absolute Gasteiger partial charge is 0.360 e. The second kappa shape index (κ2) is 8.46. The minimum atomic E-state index is -0.635. The molecule has 0 unspecified atom stereocenters. The fraction of sp³-hybridized carbons (Fsp3) is 0.0952. The number of hydrogen-bond donors (Lipinski definition) is 0. The Morgan fingerprint density at radius 2 is 1.00 bits per heavy atom. The molecule has 5 heterocycles. The Morgan fingerprint density at radius 1 is 0.588 bits per heavy atom. The lowest BCUT2D eigenvalue weighted by Crippen LogP contribution is -2.00. The summed E-state index contributed by atoms with van der Waals surface area (Å²) in [6.45, 7) is 0. The van der Waals surface area contributed by atoms with E-state index in [-0.39, 0.29) is 46.3 Å². The number of aromatic nitrogens is 5. The lowest BCUT2D eigenvalue weighted by molar-refractivity contribution is 0.0585. The number of oxazole rings is 4. The van der Waals surface area contributed by atoms with Gasteiger partial charge in [0.25, 0.3) is 0 Å². The van der Waals surface area contributed by atoms with Crippen LogP contribution in [0.15, 0.2) is 60.9 Å². The summed E-state index contributed by atoms with van der Waals surface area (Å²) in [6.07, 6.45) is 4.97. The Balaban J connectivity index is 1.39. The molecule has 170 valence electrons. The lowest BCUT2D eigenvalue weighted by atomic mass is 10.3. The van der Waals surface area contributed by atoms with Gasteiger partial charge in [-0.05, 0) is 12.1 Å². The van der Waals surface area contributed by atoms with Crippen LogP contribution in [0.25, 0.3) is 46.3 Å². The normalized spacial score (nSPS) is 10.9. The second-order valence-corrected chi connectivity index (χ2v) is 6.54. The van der Waals surface area contributed by atoms with Gasteiger partial charge in [0.05, 0.1) is 14.2 Å². The zero-order chi connectivity index (χ0) is 23.7. The molecule has 0 aliphatic heterocycles. The Hall–Kier alpha value is -5.07. The molecule has 34 heavy (non-hydrogen) atoms. The van der Waals surface area contributed by atoms with Crippen LogP contribution in [0.1, 0.15) is 21.0 Å². The van der Waals surface area contributed by atoms with Crippen molar-refractivity contribution in [3.05, 3.63) is 54.6 Å². The average Bonchev–Trinajstić information content (AvgIpc) is 3.68. The number of hydrogen-bond acceptors (Lipinski definition) is 13. The molecule has 0 saturated carbocycles. The van der Waals surface area contributed by atoms with Gasteiger partial charge in [0.1, 0.15) is 36.4 Å². The minimum absolute atomic E-state index is 0.00613. The Morgan fingerprint density at radius 3 is 1.44 bits per heavy atom. The van der Waals surface area contributed by atoms with Crippen LogP contribution in [0, 0.1) is 0 Å². The van der Waals surface area contributed by atoms with Gasteiger partial charge in [-0.2, -0.15) is 0 Å². The van der Waals surface area contributed by atoms with E-state index < -0.39 is 11.9 Å². The third-order valence-corrected chi connectivity index (χ3v) is 4.43. The molecule has 13 heteroatoms. The highest BCUT2D eigenvalue weighted by atomic mass is 16.5. The first-order valence-corrected chi connectivity index (χ1v) is 9.53. The number of pyridine rings is 1. The zero-order valence-corrected chi connectivity index (χ0v) is 17.5. The molecule has 0 atom stereocenters. The van der Waals surface area contributed by atoms with E-state index in [1.165, 1.54) is 26.7 Å². The quantitative estimate of drug-likeness (QED) is 0.336. The van der Waals surface area contributed by atoms with Crippen molar-refractivity contribution in [2.75, 3.05) is 14.2 Å². The van der Waals surface area contributed by atoms with E-state index >= 15 is 0 Å². The topological polar surface area (TPSA) is 170 Å². The maximum atomic E-state index is 11.6. The van der Waals surface area contributed by atoms with Crippen molar-refractivity contribution in [3.63, 3.8) is 0 Å². The van der Waals surface area contributed by atoms with Crippen molar-refractivity contribution in [1.29, 1.82) is 0 Å². The van der Waals surface area contributed by atoms with Crippen LogP contribution in [0.2, 0.25) is 0 Å². The SMILES string of the molecule is COC(=O)c1coc(-c2coc(-c3cccc(-c4nc(-c5nc(C(=O)OC)co5)co4)n3)n2)n1. The highest BCUT2D eigenvalue weighted by Crippen LogP contribution is 2.27. The van der Waals surface area contributed by atoms with E-state index in [1.807, 2.05) is 0 Å². The molecule has 0 amide bonds. The highest BCUT2D eigenvalue weighted by molar-refractivity contribution is 5.87. The maximum Gasteiger partial charge on any atom is 0.360 e. The van der Waals surface area contributed by atoms with Crippen LogP contribution >= 0.6 is 0 Å². The molecule has 5 aromatic rings. The number of ether oxygens (including phenoxy) is 2. The molecule has 0 saturated heterocycles. The van der Waals surface area contributed by atoms with Crippen molar-refractivity contribution in [1.82, 2.24) is 24.9 Å². The van der Waals surface area contributed by atoms with Gasteiger partial charge in [-0.15, -0.1) is 0 Å². The molecule has 0 fully saturated rings. The van der Waals surface area contributed by atoms with Crippen molar-refractivity contribution >= 4 is 11.9 Å². The fourth-order valence-corrected chi connectivity index (χ4v) is 2.83. The number of rotatable bonds is 6. The van der Waals surface area contributed by atoms with E-state index in [2.05, 4.69) is 34.4 Å². The van der Waals surface area contributed by atoms with Crippen molar-refractivity contribution in [3.8, 4) is 46.3 Å². The Kier molecular flexibility index (Phi) is 5.18. The molecular weight excluding hydrogens is 450 g/mol. The van der Waals surface area contributed by atoms with Crippen molar-refractivity contribution in [2.24, 2.45) is 0 Å². The van der Waals surface area contributed by atoms with E-state index in [1.54, 1.807) is 18.2 Å². The van der Waals surface area contributed by atoms with E-state index in [0.717, 1.165) is 12.5 Å². The third kappa shape index (κ3) is 3.81. The van der Waals surface area contributed by atoms with Gasteiger partial charge in [0, 0.05) is 0 Å². The summed E-state index contributed by atoms with van der Waals surface area (Å²) in [5.74, 6) is -0.745. The lowest BCUT2D eigenvalue weighted by Gasteiger charge is -1.97. The predicted molar refractivity (Wildman–Crippen MR) is 109 cm³/mol. The van der Waals surface area contributed by atoms with Gasteiger partial charge in [0.2, 0.25) is 23.6 Å². The molecule has 13 nitrogen and oxygen atoms in total. The summed E-state index contributed by atoms with van der Waals surface area (Å²) in [5.41, 5.74) is 1.31. The van der Waals surface area contributed by atoms with E-state index in [9.17, 15) is 9.59 Å². The van der Waals surface area contributed by atoms with Crippen LogP contribution in [0.4, 0.5) is 0 Å². The number of esters is 2. The molecule has 0 aromatic carbocycles. The standard InChI is InChI=1S/C21H13N5O8/c1-29-20(27)14-8-33-18(25-14)12-6-31-16(23-12)10-4-3-5-11(22-10)17-24-13(7-32-17)19-26-15(9-34-19)21(28)30-2/h3-9H,1-2H3. The van der Waals surface area contributed by atoms with Crippen LogP contribution in [-0.4, -0.2) is 51.1 Å². The number of nitrogens with zero attached hydrogens (tertiary/aromatic N) is 5. The molecular formula is C21H13N5O8. The van der Waals surface area contributed by atoms with Gasteiger partial charge >= 0.3 is 11.9 Å². The van der Waals surface area contributed by atoms with Crippen LogP contribution in [0.3, 0.4) is 0 Å². The van der Waals surface area contributed by atoms with E-state index in [4.69, 9.17) is 17.7 Å². The summed E-state index contributed by atoms with van der Waals surface area (Å²) >= 11 is 0. The van der Waals surface area contributed by atoms with Gasteiger partial charge < -0.3 is 27.1 Å². The summed E-state index contributed by atoms with van der Waals surface area (Å²) in [6, 6.07) is 5.07. The molecule has 0 bridgehead atoms. The van der Waals surface area contributed by atoms with E-state index in [0.29, 0.717) is 11.4 Å². The first-order valence-electron chi connectivity index (χ1n) is 9.53. The van der Waals surface area contributed by atoms with Crippen LogP contribution < -0.4 is 0 Å². The average molecular weight is 463 g/mol. The maximum absolute atomic E-state index is 11.6. The molecule has 0 radical (unpaired) electrons. The zero-order valence-electron chi connectivity index (χ0n) is 17.5. The van der Waals surface area contributed by atoms with Gasteiger partial charge in [0.15, 0.2) is 22.8 Å². The first kappa shape index (κ1) is 20.8. The molecule has 5 rings (SSSR count). The molecule has 0 N–H and O–H groups in total. The fourth-order valence-electron chi connectivity index (χ4n) is 2.83. The Bertz CT molecular complexity index is 1390. The number of carbonyl (C=O) groups is 2. The Labute approximate surface area is 189 Å². The largest absolute Gasteiger partial charge is 0.464 e. The number of methoxy groups -OCH3 is 2. The van der Waals surface area contributed by atoms with Crippen LogP contribution in [-0.2, 0) is 9.47 Å². The van der Waals surface area contributed by atoms with Crippen LogP contribution in [0.5, 0.6) is 0 Å². The molecule has 5 aromatic heterocycles. The third-order valence-electron chi connectivity index (χ3n) is 4.43. The van der Waals surface area contributed by atoms with Gasteiger partial charge in [-0.3, -0.25) is 0 Å². The summed E-state index contributed by atoms with van der Waals surface area (Å²) in [5, 5.41) is 0. The predicted octanol–water partition coefficient (Wildman–Crippen LogP) is 3.27. The second-order valence-electron chi connectivity index (χ2n) is 6.54.